The minimum Gasteiger partial charge on any atom is -0.307 e. The third-order valence-electron chi connectivity index (χ3n) is 5.48. The lowest BCUT2D eigenvalue weighted by Gasteiger charge is -2.27. The minimum atomic E-state index is 0.153. The lowest BCUT2D eigenvalue weighted by Crippen LogP contribution is -2.34. The molecule has 0 bridgehead atoms. The van der Waals surface area contributed by atoms with Crippen molar-refractivity contribution in [2.75, 3.05) is 19.6 Å². The van der Waals surface area contributed by atoms with Crippen LogP contribution >= 0.6 is 0 Å². The molecule has 3 nitrogen and oxygen atoms in total. The molecule has 0 spiro atoms. The molecule has 0 atom stereocenters. The number of aryl methyl sites for hydroxylation is 1. The second-order valence-electron chi connectivity index (χ2n) is 7.27. The SMILES string of the molecule is Cc1cc(=O)n(CCN2CCCCC2)c2cc(C3CC3)ccc12. The number of piperidine rings is 1. The molecule has 1 saturated heterocycles. The zero-order valence-electron chi connectivity index (χ0n) is 14.1. The Morgan fingerprint density at radius 1 is 1.04 bits per heavy atom. The van der Waals surface area contributed by atoms with Gasteiger partial charge in [-0.25, -0.2) is 0 Å². The molecular formula is C20H26N2O. The highest BCUT2D eigenvalue weighted by Gasteiger charge is 2.24. The Kier molecular flexibility index (Phi) is 3.98. The Bertz CT molecular complexity index is 767. The number of nitrogens with zero attached hydrogens (tertiary/aromatic N) is 2. The van der Waals surface area contributed by atoms with Gasteiger partial charge in [-0.05, 0) is 68.8 Å². The highest BCUT2D eigenvalue weighted by molar-refractivity contribution is 5.83. The van der Waals surface area contributed by atoms with E-state index in [4.69, 9.17) is 0 Å². The Labute approximate surface area is 137 Å². The van der Waals surface area contributed by atoms with Gasteiger partial charge in [0.25, 0.3) is 5.56 Å². The van der Waals surface area contributed by atoms with E-state index in [9.17, 15) is 4.79 Å². The molecule has 0 unspecified atom stereocenters. The van der Waals surface area contributed by atoms with E-state index in [2.05, 4.69) is 30.0 Å². The summed E-state index contributed by atoms with van der Waals surface area (Å²) in [7, 11) is 0. The average Bonchev–Trinajstić information content (AvgIpc) is 3.40. The van der Waals surface area contributed by atoms with E-state index in [1.165, 1.54) is 56.1 Å². The van der Waals surface area contributed by atoms with Crippen molar-refractivity contribution in [2.24, 2.45) is 0 Å². The van der Waals surface area contributed by atoms with E-state index in [0.717, 1.165) is 30.1 Å². The summed E-state index contributed by atoms with van der Waals surface area (Å²) < 4.78 is 2.00. The quantitative estimate of drug-likeness (QED) is 0.861. The van der Waals surface area contributed by atoms with Crippen LogP contribution in [0.3, 0.4) is 0 Å². The largest absolute Gasteiger partial charge is 0.307 e. The van der Waals surface area contributed by atoms with Gasteiger partial charge in [-0.2, -0.15) is 0 Å². The number of hydrogen-bond acceptors (Lipinski definition) is 2. The summed E-state index contributed by atoms with van der Waals surface area (Å²) in [6.07, 6.45) is 6.56. The molecule has 4 rings (SSSR count). The first kappa shape index (κ1) is 14.9. The highest BCUT2D eigenvalue weighted by atomic mass is 16.1. The number of benzene rings is 1. The normalized spacial score (nSPS) is 19.3. The summed E-state index contributed by atoms with van der Waals surface area (Å²) >= 11 is 0. The molecule has 2 heterocycles. The lowest BCUT2D eigenvalue weighted by atomic mass is 10.0. The fraction of sp³-hybridized carbons (Fsp3) is 0.550. The second-order valence-corrected chi connectivity index (χ2v) is 7.27. The number of pyridine rings is 1. The third kappa shape index (κ3) is 3.07. The van der Waals surface area contributed by atoms with Gasteiger partial charge in [0.2, 0.25) is 0 Å². The molecule has 3 heteroatoms. The van der Waals surface area contributed by atoms with Gasteiger partial charge in [0, 0.05) is 24.5 Å². The second kappa shape index (κ2) is 6.12. The predicted octanol–water partition coefficient (Wildman–Crippen LogP) is 3.67. The van der Waals surface area contributed by atoms with Crippen LogP contribution < -0.4 is 5.56 Å². The average molecular weight is 310 g/mol. The summed E-state index contributed by atoms with van der Waals surface area (Å²) in [4.78, 5) is 15.1. The van der Waals surface area contributed by atoms with Crippen molar-refractivity contribution < 1.29 is 0 Å². The van der Waals surface area contributed by atoms with E-state index in [1.807, 2.05) is 4.57 Å². The summed E-state index contributed by atoms with van der Waals surface area (Å²) in [6.45, 7) is 6.22. The molecule has 2 aromatic rings. The van der Waals surface area contributed by atoms with Crippen molar-refractivity contribution in [2.45, 2.75) is 51.5 Å². The van der Waals surface area contributed by atoms with Gasteiger partial charge in [-0.1, -0.05) is 18.6 Å². The molecule has 23 heavy (non-hydrogen) atoms. The highest BCUT2D eigenvalue weighted by Crippen LogP contribution is 2.40. The Balaban J connectivity index is 1.68. The number of aromatic nitrogens is 1. The van der Waals surface area contributed by atoms with Gasteiger partial charge in [0.05, 0.1) is 5.52 Å². The molecule has 0 radical (unpaired) electrons. The standard InChI is InChI=1S/C20H26N2O/c1-15-13-20(23)22(12-11-21-9-3-2-4-10-21)19-14-17(16-5-6-16)7-8-18(15)19/h7-8,13-14,16H,2-6,9-12H2,1H3. The summed E-state index contributed by atoms with van der Waals surface area (Å²) in [5, 5.41) is 1.23. The molecule has 1 aliphatic heterocycles. The zero-order valence-corrected chi connectivity index (χ0v) is 14.1. The fourth-order valence-electron chi connectivity index (χ4n) is 3.89. The van der Waals surface area contributed by atoms with Gasteiger partial charge in [-0.3, -0.25) is 4.79 Å². The Morgan fingerprint density at radius 3 is 2.57 bits per heavy atom. The van der Waals surface area contributed by atoms with Crippen molar-refractivity contribution in [1.29, 1.82) is 0 Å². The molecule has 1 saturated carbocycles. The van der Waals surface area contributed by atoms with Crippen molar-refractivity contribution in [1.82, 2.24) is 9.47 Å². The fourth-order valence-corrected chi connectivity index (χ4v) is 3.89. The summed E-state index contributed by atoms with van der Waals surface area (Å²) in [5.74, 6) is 0.727. The summed E-state index contributed by atoms with van der Waals surface area (Å²) in [6, 6.07) is 8.55. The summed E-state index contributed by atoms with van der Waals surface area (Å²) in [5.41, 5.74) is 3.80. The Hall–Kier alpha value is -1.61. The van der Waals surface area contributed by atoms with E-state index >= 15 is 0 Å². The van der Waals surface area contributed by atoms with Crippen LogP contribution in [0.15, 0.2) is 29.1 Å². The molecule has 122 valence electrons. The van der Waals surface area contributed by atoms with E-state index < -0.39 is 0 Å². The molecule has 1 aromatic carbocycles. The smallest absolute Gasteiger partial charge is 0.251 e. The molecule has 1 aliphatic carbocycles. The maximum Gasteiger partial charge on any atom is 0.251 e. The van der Waals surface area contributed by atoms with Gasteiger partial charge in [0.1, 0.15) is 0 Å². The predicted molar refractivity (Wildman–Crippen MR) is 95.2 cm³/mol. The van der Waals surface area contributed by atoms with Gasteiger partial charge < -0.3 is 9.47 Å². The van der Waals surface area contributed by atoms with E-state index in [-0.39, 0.29) is 5.56 Å². The van der Waals surface area contributed by atoms with Crippen LogP contribution in [0.5, 0.6) is 0 Å². The zero-order chi connectivity index (χ0) is 15.8. The van der Waals surface area contributed by atoms with Crippen LogP contribution in [-0.4, -0.2) is 29.1 Å². The maximum atomic E-state index is 12.6. The van der Waals surface area contributed by atoms with Crippen LogP contribution in [0.4, 0.5) is 0 Å². The van der Waals surface area contributed by atoms with Gasteiger partial charge in [0.15, 0.2) is 0 Å². The topological polar surface area (TPSA) is 25.2 Å². The maximum absolute atomic E-state index is 12.6. The first-order chi connectivity index (χ1) is 11.2. The molecule has 0 N–H and O–H groups in total. The molecule has 0 amide bonds. The van der Waals surface area contributed by atoms with Crippen LogP contribution in [0.25, 0.3) is 10.9 Å². The molecular weight excluding hydrogens is 284 g/mol. The van der Waals surface area contributed by atoms with Crippen LogP contribution in [0.2, 0.25) is 0 Å². The first-order valence-electron chi connectivity index (χ1n) is 9.09. The van der Waals surface area contributed by atoms with Crippen LogP contribution in [-0.2, 0) is 6.54 Å². The van der Waals surface area contributed by atoms with Gasteiger partial charge >= 0.3 is 0 Å². The third-order valence-corrected chi connectivity index (χ3v) is 5.48. The van der Waals surface area contributed by atoms with Crippen molar-refractivity contribution in [3.8, 4) is 0 Å². The Morgan fingerprint density at radius 2 is 1.83 bits per heavy atom. The van der Waals surface area contributed by atoms with E-state index in [1.54, 1.807) is 6.07 Å². The molecule has 2 fully saturated rings. The number of rotatable bonds is 4. The van der Waals surface area contributed by atoms with Crippen molar-refractivity contribution >= 4 is 10.9 Å². The van der Waals surface area contributed by atoms with Crippen LogP contribution in [0.1, 0.15) is 49.1 Å². The van der Waals surface area contributed by atoms with Crippen molar-refractivity contribution in [3.63, 3.8) is 0 Å². The molecule has 1 aromatic heterocycles. The van der Waals surface area contributed by atoms with Crippen molar-refractivity contribution in [3.05, 3.63) is 45.7 Å². The number of fused-ring (bicyclic) bond motifs is 1. The minimum absolute atomic E-state index is 0.153. The number of likely N-dealkylation sites (tertiary alicyclic amines) is 1. The van der Waals surface area contributed by atoms with E-state index in [0.29, 0.717) is 0 Å². The lowest BCUT2D eigenvalue weighted by molar-refractivity contribution is 0.221. The monoisotopic (exact) mass is 310 g/mol. The number of hydrogen-bond donors (Lipinski definition) is 0. The van der Waals surface area contributed by atoms with Crippen LogP contribution in [0, 0.1) is 6.92 Å². The first-order valence-corrected chi connectivity index (χ1v) is 9.09. The molecule has 2 aliphatic rings. The van der Waals surface area contributed by atoms with Gasteiger partial charge in [-0.15, -0.1) is 0 Å².